The Morgan fingerprint density at radius 2 is 1.75 bits per heavy atom. The SMILES string of the molecule is Cc1ccc(SCCNC(=O)COC(=O)COc2ccccc2C(N)=O)cc1. The van der Waals surface area contributed by atoms with Crippen LogP contribution in [0.3, 0.4) is 0 Å². The minimum atomic E-state index is -0.719. The molecule has 0 aliphatic carbocycles. The van der Waals surface area contributed by atoms with Gasteiger partial charge in [-0.1, -0.05) is 29.8 Å². The molecule has 0 spiro atoms. The highest BCUT2D eigenvalue weighted by molar-refractivity contribution is 7.99. The van der Waals surface area contributed by atoms with Gasteiger partial charge in [-0.15, -0.1) is 11.8 Å². The second-order valence-corrected chi connectivity index (χ2v) is 6.99. The number of esters is 1. The molecule has 2 aromatic carbocycles. The molecular weight excluding hydrogens is 380 g/mol. The summed E-state index contributed by atoms with van der Waals surface area (Å²) < 4.78 is 10.1. The molecule has 0 aliphatic heterocycles. The van der Waals surface area contributed by atoms with Gasteiger partial charge < -0.3 is 20.5 Å². The summed E-state index contributed by atoms with van der Waals surface area (Å²) in [7, 11) is 0. The molecule has 3 N–H and O–H groups in total. The maximum absolute atomic E-state index is 11.7. The van der Waals surface area contributed by atoms with Crippen molar-refractivity contribution in [1.29, 1.82) is 0 Å². The molecule has 0 unspecified atom stereocenters. The van der Waals surface area contributed by atoms with Gasteiger partial charge in [0, 0.05) is 17.2 Å². The van der Waals surface area contributed by atoms with E-state index in [4.69, 9.17) is 15.2 Å². The van der Waals surface area contributed by atoms with Gasteiger partial charge in [-0.2, -0.15) is 0 Å². The number of amides is 2. The standard InChI is InChI=1S/C20H22N2O5S/c1-14-6-8-15(9-7-14)28-11-10-22-18(23)12-27-19(24)13-26-17-5-3-2-4-16(17)20(21)25/h2-9H,10-13H2,1H3,(H2,21,25)(H,22,23). The first-order valence-electron chi connectivity index (χ1n) is 8.59. The number of nitrogens with two attached hydrogens (primary N) is 1. The van der Waals surface area contributed by atoms with E-state index in [1.807, 2.05) is 31.2 Å². The Kier molecular flexibility index (Phi) is 8.36. The van der Waals surface area contributed by atoms with Crippen molar-refractivity contribution >= 4 is 29.5 Å². The zero-order chi connectivity index (χ0) is 20.4. The van der Waals surface area contributed by atoms with Crippen LogP contribution in [0.4, 0.5) is 0 Å². The molecule has 0 bridgehead atoms. The summed E-state index contributed by atoms with van der Waals surface area (Å²) >= 11 is 1.62. The summed E-state index contributed by atoms with van der Waals surface area (Å²) in [5, 5.41) is 2.68. The van der Waals surface area contributed by atoms with E-state index in [-0.39, 0.29) is 11.3 Å². The lowest BCUT2D eigenvalue weighted by Gasteiger charge is -2.09. The molecule has 0 aliphatic rings. The first kappa shape index (κ1) is 21.3. The number of benzene rings is 2. The van der Waals surface area contributed by atoms with Crippen molar-refractivity contribution < 1.29 is 23.9 Å². The topological polar surface area (TPSA) is 108 Å². The summed E-state index contributed by atoms with van der Waals surface area (Å²) in [4.78, 5) is 35.8. The molecule has 2 aromatic rings. The molecule has 2 amide bonds. The Morgan fingerprint density at radius 3 is 2.46 bits per heavy atom. The predicted molar refractivity (Wildman–Crippen MR) is 106 cm³/mol. The molecule has 7 nitrogen and oxygen atoms in total. The first-order chi connectivity index (χ1) is 13.5. The van der Waals surface area contributed by atoms with Gasteiger partial charge in [0.25, 0.3) is 11.8 Å². The van der Waals surface area contributed by atoms with E-state index in [0.717, 1.165) is 4.90 Å². The zero-order valence-electron chi connectivity index (χ0n) is 15.5. The van der Waals surface area contributed by atoms with Crippen LogP contribution in [0.2, 0.25) is 0 Å². The van der Waals surface area contributed by atoms with Gasteiger partial charge in [-0.3, -0.25) is 9.59 Å². The van der Waals surface area contributed by atoms with Crippen molar-refractivity contribution in [3.63, 3.8) is 0 Å². The van der Waals surface area contributed by atoms with E-state index in [1.165, 1.54) is 17.7 Å². The van der Waals surface area contributed by atoms with Crippen molar-refractivity contribution in [2.24, 2.45) is 5.73 Å². The quantitative estimate of drug-likeness (QED) is 0.357. The fraction of sp³-hybridized carbons (Fsp3) is 0.250. The van der Waals surface area contributed by atoms with Gasteiger partial charge in [0.05, 0.1) is 5.56 Å². The van der Waals surface area contributed by atoms with E-state index >= 15 is 0 Å². The number of primary amides is 1. The van der Waals surface area contributed by atoms with Crippen LogP contribution in [-0.2, 0) is 14.3 Å². The van der Waals surface area contributed by atoms with Crippen LogP contribution in [0.1, 0.15) is 15.9 Å². The lowest BCUT2D eigenvalue weighted by Crippen LogP contribution is -2.31. The molecule has 28 heavy (non-hydrogen) atoms. The minimum Gasteiger partial charge on any atom is -0.481 e. The van der Waals surface area contributed by atoms with Crippen LogP contribution >= 0.6 is 11.8 Å². The van der Waals surface area contributed by atoms with Crippen molar-refractivity contribution in [3.05, 3.63) is 59.7 Å². The lowest BCUT2D eigenvalue weighted by molar-refractivity contribution is -0.150. The fourth-order valence-electron chi connectivity index (χ4n) is 2.17. The number of nitrogens with one attached hydrogen (secondary N) is 1. The number of para-hydroxylation sites is 1. The maximum atomic E-state index is 11.7. The Balaban J connectivity index is 1.62. The third-order valence-corrected chi connectivity index (χ3v) is 4.59. The molecule has 0 saturated heterocycles. The van der Waals surface area contributed by atoms with Gasteiger partial charge in [0.2, 0.25) is 0 Å². The van der Waals surface area contributed by atoms with E-state index in [2.05, 4.69) is 5.32 Å². The molecule has 0 heterocycles. The highest BCUT2D eigenvalue weighted by Gasteiger charge is 2.12. The van der Waals surface area contributed by atoms with Crippen molar-refractivity contribution in [2.75, 3.05) is 25.5 Å². The Morgan fingerprint density at radius 1 is 1.04 bits per heavy atom. The third kappa shape index (κ3) is 7.32. The third-order valence-electron chi connectivity index (χ3n) is 3.58. The highest BCUT2D eigenvalue weighted by atomic mass is 32.2. The number of hydrogen-bond donors (Lipinski definition) is 2. The number of carbonyl (C=O) groups is 3. The number of carbonyl (C=O) groups excluding carboxylic acids is 3. The van der Waals surface area contributed by atoms with Crippen LogP contribution in [0, 0.1) is 6.92 Å². The molecule has 8 heteroatoms. The summed E-state index contributed by atoms with van der Waals surface area (Å²) in [6.45, 7) is 1.66. The first-order valence-corrected chi connectivity index (χ1v) is 9.57. The number of thioether (sulfide) groups is 1. The number of aryl methyl sites for hydroxylation is 1. The fourth-order valence-corrected chi connectivity index (χ4v) is 2.93. The van der Waals surface area contributed by atoms with Crippen LogP contribution in [0.25, 0.3) is 0 Å². The van der Waals surface area contributed by atoms with Crippen molar-refractivity contribution in [2.45, 2.75) is 11.8 Å². The second kappa shape index (κ2) is 11.0. The van der Waals surface area contributed by atoms with Crippen LogP contribution in [0.15, 0.2) is 53.4 Å². The maximum Gasteiger partial charge on any atom is 0.344 e. The Bertz CT molecular complexity index is 824. The summed E-state index contributed by atoms with van der Waals surface area (Å²) in [5.74, 6) is -0.884. The highest BCUT2D eigenvalue weighted by Crippen LogP contribution is 2.18. The average Bonchev–Trinajstić information content (AvgIpc) is 2.69. The van der Waals surface area contributed by atoms with Gasteiger partial charge in [0.15, 0.2) is 13.2 Å². The van der Waals surface area contributed by atoms with E-state index in [9.17, 15) is 14.4 Å². The average molecular weight is 402 g/mol. The van der Waals surface area contributed by atoms with Crippen LogP contribution < -0.4 is 15.8 Å². The minimum absolute atomic E-state index is 0.166. The monoisotopic (exact) mass is 402 g/mol. The molecule has 0 radical (unpaired) electrons. The van der Waals surface area contributed by atoms with Gasteiger partial charge in [-0.05, 0) is 31.2 Å². The molecule has 0 aromatic heterocycles. The zero-order valence-corrected chi connectivity index (χ0v) is 16.3. The second-order valence-electron chi connectivity index (χ2n) is 5.82. The predicted octanol–water partition coefficient (Wildman–Crippen LogP) is 1.92. The molecule has 0 atom stereocenters. The van der Waals surface area contributed by atoms with Crippen molar-refractivity contribution in [3.8, 4) is 5.75 Å². The van der Waals surface area contributed by atoms with Crippen LogP contribution in [0.5, 0.6) is 5.75 Å². The van der Waals surface area contributed by atoms with E-state index in [1.54, 1.807) is 23.9 Å². The molecule has 148 valence electrons. The molecular formula is C20H22N2O5S. The summed E-state index contributed by atoms with van der Waals surface area (Å²) in [6, 6.07) is 14.4. The lowest BCUT2D eigenvalue weighted by atomic mass is 10.2. The summed E-state index contributed by atoms with van der Waals surface area (Å²) in [6.07, 6.45) is 0. The molecule has 0 fully saturated rings. The van der Waals surface area contributed by atoms with Crippen molar-refractivity contribution in [1.82, 2.24) is 5.32 Å². The van der Waals surface area contributed by atoms with Crippen LogP contribution in [-0.4, -0.2) is 43.3 Å². The Hall–Kier alpha value is -3.00. The van der Waals surface area contributed by atoms with Gasteiger partial charge in [-0.25, -0.2) is 4.79 Å². The van der Waals surface area contributed by atoms with Gasteiger partial charge >= 0.3 is 5.97 Å². The van der Waals surface area contributed by atoms with E-state index < -0.39 is 31.0 Å². The van der Waals surface area contributed by atoms with E-state index in [0.29, 0.717) is 12.3 Å². The van der Waals surface area contributed by atoms with Gasteiger partial charge in [0.1, 0.15) is 5.75 Å². The normalized spacial score (nSPS) is 10.2. The number of rotatable bonds is 10. The number of ether oxygens (including phenoxy) is 2. The summed E-state index contributed by atoms with van der Waals surface area (Å²) in [5.41, 5.74) is 6.59. The Labute approximate surface area is 167 Å². The molecule has 2 rings (SSSR count). The molecule has 0 saturated carbocycles. The largest absolute Gasteiger partial charge is 0.481 e. The smallest absolute Gasteiger partial charge is 0.344 e. The number of hydrogen-bond acceptors (Lipinski definition) is 6.